The van der Waals surface area contributed by atoms with E-state index in [1.54, 1.807) is 48.2 Å². The van der Waals surface area contributed by atoms with Gasteiger partial charge in [0.05, 0.1) is 0 Å². The predicted octanol–water partition coefficient (Wildman–Crippen LogP) is 2.78. The number of benzene rings is 2. The first-order valence-electron chi connectivity index (χ1n) is 12.2. The van der Waals surface area contributed by atoms with Crippen molar-refractivity contribution < 1.29 is 23.9 Å². The van der Waals surface area contributed by atoms with Crippen LogP contribution in [0.1, 0.15) is 30.1 Å². The van der Waals surface area contributed by atoms with Gasteiger partial charge >= 0.3 is 5.97 Å². The van der Waals surface area contributed by atoms with Crippen LogP contribution in [0.15, 0.2) is 66.7 Å². The minimum atomic E-state index is -1.12. The third-order valence-corrected chi connectivity index (χ3v) is 5.96. The second-order valence-corrected chi connectivity index (χ2v) is 8.87. The monoisotopic (exact) mass is 526 g/mol. The van der Waals surface area contributed by atoms with Gasteiger partial charge in [0.25, 0.3) is 11.8 Å². The first-order chi connectivity index (χ1) is 17.9. The lowest BCUT2D eigenvalue weighted by atomic mass is 10.1. The highest BCUT2D eigenvalue weighted by Crippen LogP contribution is 2.12. The Kier molecular flexibility index (Phi) is 10.7. The molecule has 10 heteroatoms. The van der Waals surface area contributed by atoms with E-state index in [-0.39, 0.29) is 18.2 Å². The van der Waals surface area contributed by atoms with E-state index < -0.39 is 24.0 Å². The number of anilines is 1. The number of hydrogen-bond donors (Lipinski definition) is 3. The number of amides is 3. The van der Waals surface area contributed by atoms with Crippen LogP contribution in [-0.2, 0) is 19.1 Å². The first kappa shape index (κ1) is 27.9. The third-order valence-electron chi connectivity index (χ3n) is 5.71. The highest BCUT2D eigenvalue weighted by molar-refractivity contribution is 6.30. The average molecular weight is 527 g/mol. The summed E-state index contributed by atoms with van der Waals surface area (Å²) in [7, 11) is 0. The molecule has 1 saturated heterocycles. The Balaban J connectivity index is 1.68. The van der Waals surface area contributed by atoms with Gasteiger partial charge in [0.15, 0.2) is 6.10 Å². The Morgan fingerprint density at radius 3 is 2.38 bits per heavy atom. The molecule has 0 aliphatic carbocycles. The molecule has 0 radical (unpaired) electrons. The average Bonchev–Trinajstić information content (AvgIpc) is 2.92. The number of esters is 1. The SMILES string of the molecule is CCC(OC(=O)C(C/C=C/C(=O)Nc1ccccc1)NC(=O)c1ccc(Cl)cc1)C(=O)N1CCNCC1. The van der Waals surface area contributed by atoms with Crippen LogP contribution in [0.4, 0.5) is 5.69 Å². The molecule has 2 atom stereocenters. The zero-order chi connectivity index (χ0) is 26.6. The minimum absolute atomic E-state index is 0.0152. The molecule has 1 heterocycles. The van der Waals surface area contributed by atoms with Crippen LogP contribution in [0, 0.1) is 0 Å². The molecule has 37 heavy (non-hydrogen) atoms. The van der Waals surface area contributed by atoms with Crippen molar-refractivity contribution in [1.82, 2.24) is 15.5 Å². The Bertz CT molecular complexity index is 1100. The Labute approximate surface area is 221 Å². The standard InChI is InChI=1S/C27H31ClN4O5/c1-2-23(26(35)32-17-15-29-16-18-32)37-27(36)22(31-25(34)19-11-13-20(28)14-12-19)9-6-10-24(33)30-21-7-4-3-5-8-21/h3-8,10-14,22-23,29H,2,9,15-18H2,1H3,(H,30,33)(H,31,34)/b10-6+. The third kappa shape index (κ3) is 8.73. The lowest BCUT2D eigenvalue weighted by Gasteiger charge is -2.30. The quantitative estimate of drug-likeness (QED) is 0.324. The number of nitrogens with zero attached hydrogens (tertiary/aromatic N) is 1. The fraction of sp³-hybridized carbons (Fsp3) is 0.333. The van der Waals surface area contributed by atoms with E-state index in [1.807, 2.05) is 6.07 Å². The van der Waals surface area contributed by atoms with Gasteiger partial charge in [0.2, 0.25) is 5.91 Å². The van der Waals surface area contributed by atoms with E-state index >= 15 is 0 Å². The van der Waals surface area contributed by atoms with Gasteiger partial charge in [0, 0.05) is 42.5 Å². The van der Waals surface area contributed by atoms with Crippen molar-refractivity contribution in [3.63, 3.8) is 0 Å². The number of hydrogen-bond acceptors (Lipinski definition) is 6. The summed E-state index contributed by atoms with van der Waals surface area (Å²) in [6.45, 7) is 4.16. The zero-order valence-electron chi connectivity index (χ0n) is 20.6. The molecule has 0 aromatic heterocycles. The minimum Gasteiger partial charge on any atom is -0.451 e. The second kappa shape index (κ2) is 14.2. The zero-order valence-corrected chi connectivity index (χ0v) is 21.4. The van der Waals surface area contributed by atoms with E-state index in [0.29, 0.717) is 48.9 Å². The molecule has 2 aromatic carbocycles. The van der Waals surface area contributed by atoms with Crippen molar-refractivity contribution in [2.45, 2.75) is 31.9 Å². The second-order valence-electron chi connectivity index (χ2n) is 8.44. The van der Waals surface area contributed by atoms with Crippen molar-refractivity contribution in [3.05, 3.63) is 77.3 Å². The number of piperazine rings is 1. The molecule has 0 spiro atoms. The van der Waals surface area contributed by atoms with Crippen LogP contribution in [0.5, 0.6) is 0 Å². The van der Waals surface area contributed by atoms with Crippen LogP contribution in [0.2, 0.25) is 5.02 Å². The number of rotatable bonds is 10. The van der Waals surface area contributed by atoms with Gasteiger partial charge in [-0.3, -0.25) is 14.4 Å². The van der Waals surface area contributed by atoms with Gasteiger partial charge in [-0.1, -0.05) is 42.8 Å². The van der Waals surface area contributed by atoms with Crippen molar-refractivity contribution >= 4 is 41.0 Å². The van der Waals surface area contributed by atoms with Gasteiger partial charge in [-0.2, -0.15) is 0 Å². The topological polar surface area (TPSA) is 117 Å². The van der Waals surface area contributed by atoms with Crippen LogP contribution in [0.25, 0.3) is 0 Å². The molecule has 2 aromatic rings. The van der Waals surface area contributed by atoms with E-state index in [0.717, 1.165) is 0 Å². The van der Waals surface area contributed by atoms with Gasteiger partial charge in [-0.15, -0.1) is 0 Å². The van der Waals surface area contributed by atoms with E-state index in [1.165, 1.54) is 24.3 Å². The smallest absolute Gasteiger partial charge is 0.329 e. The van der Waals surface area contributed by atoms with Gasteiger partial charge < -0.3 is 25.6 Å². The predicted molar refractivity (Wildman–Crippen MR) is 141 cm³/mol. The molecule has 9 nitrogen and oxygen atoms in total. The lowest BCUT2D eigenvalue weighted by Crippen LogP contribution is -2.51. The highest BCUT2D eigenvalue weighted by Gasteiger charge is 2.30. The molecule has 3 amide bonds. The van der Waals surface area contributed by atoms with Crippen molar-refractivity contribution in [2.24, 2.45) is 0 Å². The molecule has 3 N–H and O–H groups in total. The van der Waals surface area contributed by atoms with Gasteiger partial charge in [-0.25, -0.2) is 4.79 Å². The Morgan fingerprint density at radius 2 is 1.73 bits per heavy atom. The molecule has 1 aliphatic rings. The molecular weight excluding hydrogens is 496 g/mol. The largest absolute Gasteiger partial charge is 0.451 e. The number of nitrogens with one attached hydrogen (secondary N) is 3. The van der Waals surface area contributed by atoms with Crippen molar-refractivity contribution in [1.29, 1.82) is 0 Å². The molecule has 0 bridgehead atoms. The summed E-state index contributed by atoms with van der Waals surface area (Å²) in [4.78, 5) is 52.7. The Morgan fingerprint density at radius 1 is 1.05 bits per heavy atom. The number of carbonyl (C=O) groups is 4. The van der Waals surface area contributed by atoms with E-state index in [2.05, 4.69) is 16.0 Å². The number of halogens is 1. The van der Waals surface area contributed by atoms with Crippen LogP contribution >= 0.6 is 11.6 Å². The molecule has 0 saturated carbocycles. The number of ether oxygens (including phenoxy) is 1. The fourth-order valence-electron chi connectivity index (χ4n) is 3.69. The molecule has 2 unspecified atom stereocenters. The van der Waals surface area contributed by atoms with Gasteiger partial charge in [-0.05, 0) is 55.3 Å². The van der Waals surface area contributed by atoms with Crippen molar-refractivity contribution in [2.75, 3.05) is 31.5 Å². The highest BCUT2D eigenvalue weighted by atomic mass is 35.5. The summed E-state index contributed by atoms with van der Waals surface area (Å²) in [6, 6.07) is 14.0. The summed E-state index contributed by atoms with van der Waals surface area (Å²) in [6.07, 6.45) is 2.07. The maximum atomic E-state index is 13.1. The maximum Gasteiger partial charge on any atom is 0.329 e. The maximum absolute atomic E-state index is 13.1. The molecular formula is C27H31ClN4O5. The van der Waals surface area contributed by atoms with Crippen LogP contribution < -0.4 is 16.0 Å². The summed E-state index contributed by atoms with van der Waals surface area (Å²) in [5.74, 6) is -1.92. The Hall–Kier alpha value is -3.69. The van der Waals surface area contributed by atoms with E-state index in [9.17, 15) is 19.2 Å². The summed E-state index contributed by atoms with van der Waals surface area (Å²) >= 11 is 5.90. The molecule has 1 fully saturated rings. The van der Waals surface area contributed by atoms with E-state index in [4.69, 9.17) is 16.3 Å². The molecule has 3 rings (SSSR count). The lowest BCUT2D eigenvalue weighted by molar-refractivity contribution is -0.162. The van der Waals surface area contributed by atoms with Crippen LogP contribution in [-0.4, -0.2) is 66.9 Å². The number of carbonyl (C=O) groups excluding carboxylic acids is 4. The van der Waals surface area contributed by atoms with Crippen LogP contribution in [0.3, 0.4) is 0 Å². The summed E-state index contributed by atoms with van der Waals surface area (Å²) < 4.78 is 5.57. The summed E-state index contributed by atoms with van der Waals surface area (Å²) in [5.41, 5.74) is 0.929. The normalized spacial score (nSPS) is 15.0. The van der Waals surface area contributed by atoms with Crippen molar-refractivity contribution in [3.8, 4) is 0 Å². The fourth-order valence-corrected chi connectivity index (χ4v) is 3.82. The first-order valence-corrected chi connectivity index (χ1v) is 12.5. The summed E-state index contributed by atoms with van der Waals surface area (Å²) in [5, 5.41) is 9.01. The van der Waals surface area contributed by atoms with Gasteiger partial charge in [0.1, 0.15) is 6.04 Å². The molecule has 1 aliphatic heterocycles. The number of para-hydroxylation sites is 1. The molecule has 196 valence electrons.